The van der Waals surface area contributed by atoms with E-state index in [1.807, 2.05) is 13.0 Å². The van der Waals surface area contributed by atoms with Gasteiger partial charge in [-0.25, -0.2) is 4.79 Å². The van der Waals surface area contributed by atoms with Gasteiger partial charge < -0.3 is 15.2 Å². The minimum Gasteiger partial charge on any atom is -0.496 e. The van der Waals surface area contributed by atoms with E-state index in [1.54, 1.807) is 17.8 Å². The first-order valence-electron chi connectivity index (χ1n) is 4.83. The van der Waals surface area contributed by atoms with Crippen LogP contribution in [-0.2, 0) is 4.74 Å². The number of esters is 1. The number of methoxy groups -OCH3 is 2. The third-order valence-electron chi connectivity index (χ3n) is 2.08. The van der Waals surface area contributed by atoms with Crippen LogP contribution in [0.4, 0.5) is 5.69 Å². The van der Waals surface area contributed by atoms with Crippen LogP contribution in [0.15, 0.2) is 17.0 Å². The molecule has 0 radical (unpaired) electrons. The van der Waals surface area contributed by atoms with E-state index in [2.05, 4.69) is 4.74 Å². The molecule has 0 unspecified atom stereocenters. The van der Waals surface area contributed by atoms with Crippen molar-refractivity contribution in [3.63, 3.8) is 0 Å². The molecule has 2 N–H and O–H groups in total. The molecule has 5 heteroatoms. The molecular weight excluding hydrogens is 226 g/mol. The summed E-state index contributed by atoms with van der Waals surface area (Å²) in [6, 6.07) is 3.56. The zero-order valence-electron chi connectivity index (χ0n) is 9.57. The van der Waals surface area contributed by atoms with E-state index >= 15 is 0 Å². The number of thioether (sulfide) groups is 1. The van der Waals surface area contributed by atoms with Crippen LogP contribution in [0.2, 0.25) is 0 Å². The monoisotopic (exact) mass is 241 g/mol. The van der Waals surface area contributed by atoms with Gasteiger partial charge in [0.15, 0.2) is 0 Å². The minimum absolute atomic E-state index is 0.295. The summed E-state index contributed by atoms with van der Waals surface area (Å²) in [5, 5.41) is 0. The number of ether oxygens (including phenoxy) is 2. The van der Waals surface area contributed by atoms with Crippen LogP contribution in [-0.4, -0.2) is 25.9 Å². The third-order valence-corrected chi connectivity index (χ3v) is 3.03. The standard InChI is InChI=1S/C11H15NO3S/c1-4-16-8-6-5-7(14-2)9(10(8)12)11(13)15-3/h5-6H,4,12H2,1-3H3. The molecule has 0 bridgehead atoms. The van der Waals surface area contributed by atoms with Crippen LogP contribution in [0.3, 0.4) is 0 Å². The van der Waals surface area contributed by atoms with Gasteiger partial charge in [0, 0.05) is 4.90 Å². The molecule has 0 saturated carbocycles. The molecule has 1 aromatic rings. The first-order valence-corrected chi connectivity index (χ1v) is 5.81. The second-order valence-electron chi connectivity index (χ2n) is 2.98. The molecule has 0 amide bonds. The Bertz CT molecular complexity index is 393. The van der Waals surface area contributed by atoms with Gasteiger partial charge in [0.25, 0.3) is 0 Å². The zero-order valence-corrected chi connectivity index (χ0v) is 10.4. The Morgan fingerprint density at radius 3 is 2.62 bits per heavy atom. The second kappa shape index (κ2) is 5.65. The molecule has 0 spiro atoms. The van der Waals surface area contributed by atoms with Crippen molar-refractivity contribution in [2.45, 2.75) is 11.8 Å². The molecule has 0 saturated heterocycles. The smallest absolute Gasteiger partial charge is 0.343 e. The number of hydrogen-bond donors (Lipinski definition) is 1. The number of benzene rings is 1. The summed E-state index contributed by atoms with van der Waals surface area (Å²) in [5.41, 5.74) is 6.63. The number of hydrogen-bond acceptors (Lipinski definition) is 5. The van der Waals surface area contributed by atoms with Gasteiger partial charge in [-0.05, 0) is 17.9 Å². The van der Waals surface area contributed by atoms with Crippen molar-refractivity contribution in [2.24, 2.45) is 0 Å². The number of rotatable bonds is 4. The quantitative estimate of drug-likeness (QED) is 0.497. The summed E-state index contributed by atoms with van der Waals surface area (Å²) in [6.45, 7) is 2.02. The molecule has 0 heterocycles. The van der Waals surface area contributed by atoms with Gasteiger partial charge in [-0.2, -0.15) is 0 Å². The van der Waals surface area contributed by atoms with Gasteiger partial charge in [-0.3, -0.25) is 0 Å². The molecule has 88 valence electrons. The highest BCUT2D eigenvalue weighted by Crippen LogP contribution is 2.34. The lowest BCUT2D eigenvalue weighted by atomic mass is 10.1. The summed E-state index contributed by atoms with van der Waals surface area (Å²) < 4.78 is 9.78. The molecule has 1 aromatic carbocycles. The van der Waals surface area contributed by atoms with Gasteiger partial charge >= 0.3 is 5.97 Å². The Balaban J connectivity index is 3.28. The van der Waals surface area contributed by atoms with Crippen molar-refractivity contribution in [3.05, 3.63) is 17.7 Å². The average molecular weight is 241 g/mol. The highest BCUT2D eigenvalue weighted by molar-refractivity contribution is 7.99. The van der Waals surface area contributed by atoms with Crippen LogP contribution in [0.1, 0.15) is 17.3 Å². The molecule has 0 fully saturated rings. The minimum atomic E-state index is -0.479. The fraction of sp³-hybridized carbons (Fsp3) is 0.364. The van der Waals surface area contributed by atoms with Gasteiger partial charge in [0.1, 0.15) is 11.3 Å². The van der Waals surface area contributed by atoms with Crippen LogP contribution in [0.5, 0.6) is 5.75 Å². The predicted octanol–water partition coefficient (Wildman–Crippen LogP) is 2.18. The van der Waals surface area contributed by atoms with Crippen LogP contribution in [0, 0.1) is 0 Å². The SMILES string of the molecule is CCSc1ccc(OC)c(C(=O)OC)c1N. The molecule has 0 aromatic heterocycles. The largest absolute Gasteiger partial charge is 0.496 e. The maximum absolute atomic E-state index is 11.6. The first-order chi connectivity index (χ1) is 7.65. The Hall–Kier alpha value is -1.36. The topological polar surface area (TPSA) is 61.5 Å². The summed E-state index contributed by atoms with van der Waals surface area (Å²) in [4.78, 5) is 12.4. The highest BCUT2D eigenvalue weighted by atomic mass is 32.2. The number of carbonyl (C=O) groups is 1. The Labute approximate surface area is 99.1 Å². The maximum atomic E-state index is 11.6. The third kappa shape index (κ3) is 2.41. The second-order valence-corrected chi connectivity index (χ2v) is 4.29. The molecule has 4 nitrogen and oxygen atoms in total. The van der Waals surface area contributed by atoms with E-state index in [0.717, 1.165) is 10.6 Å². The lowest BCUT2D eigenvalue weighted by Gasteiger charge is -2.12. The van der Waals surface area contributed by atoms with Gasteiger partial charge in [0.2, 0.25) is 0 Å². The van der Waals surface area contributed by atoms with Crippen LogP contribution in [0.25, 0.3) is 0 Å². The van der Waals surface area contributed by atoms with E-state index in [1.165, 1.54) is 14.2 Å². The summed E-state index contributed by atoms with van der Waals surface area (Å²) in [6.07, 6.45) is 0. The number of carbonyl (C=O) groups excluding carboxylic acids is 1. The molecule has 1 rings (SSSR count). The van der Waals surface area contributed by atoms with Gasteiger partial charge in [-0.15, -0.1) is 11.8 Å². The first kappa shape index (κ1) is 12.7. The fourth-order valence-electron chi connectivity index (χ4n) is 1.34. The van der Waals surface area contributed by atoms with Crippen molar-refractivity contribution in [1.82, 2.24) is 0 Å². The number of nitrogens with two attached hydrogens (primary N) is 1. The zero-order chi connectivity index (χ0) is 12.1. The number of anilines is 1. The Morgan fingerprint density at radius 2 is 2.12 bits per heavy atom. The number of nitrogen functional groups attached to an aromatic ring is 1. The van der Waals surface area contributed by atoms with Crippen LogP contribution < -0.4 is 10.5 Å². The van der Waals surface area contributed by atoms with Crippen molar-refractivity contribution >= 4 is 23.4 Å². The molecule has 0 aliphatic rings. The van der Waals surface area contributed by atoms with Crippen molar-refractivity contribution in [2.75, 3.05) is 25.7 Å². The summed E-state index contributed by atoms with van der Waals surface area (Å²) in [7, 11) is 2.81. The molecule has 0 atom stereocenters. The molecular formula is C11H15NO3S. The summed E-state index contributed by atoms with van der Waals surface area (Å²) >= 11 is 1.57. The summed E-state index contributed by atoms with van der Waals surface area (Å²) in [5.74, 6) is 0.842. The Kier molecular flexibility index (Phi) is 4.49. The van der Waals surface area contributed by atoms with E-state index in [-0.39, 0.29) is 0 Å². The highest BCUT2D eigenvalue weighted by Gasteiger charge is 2.19. The van der Waals surface area contributed by atoms with E-state index in [9.17, 15) is 4.79 Å². The van der Waals surface area contributed by atoms with Gasteiger partial charge in [-0.1, -0.05) is 6.92 Å². The predicted molar refractivity (Wildman–Crippen MR) is 65.1 cm³/mol. The van der Waals surface area contributed by atoms with E-state index in [4.69, 9.17) is 10.5 Å². The fourth-order valence-corrected chi connectivity index (χ4v) is 2.08. The van der Waals surface area contributed by atoms with Crippen molar-refractivity contribution < 1.29 is 14.3 Å². The van der Waals surface area contributed by atoms with Crippen LogP contribution >= 0.6 is 11.8 Å². The normalized spacial score (nSPS) is 9.94. The lowest BCUT2D eigenvalue weighted by Crippen LogP contribution is -2.09. The molecule has 16 heavy (non-hydrogen) atoms. The van der Waals surface area contributed by atoms with Gasteiger partial charge in [0.05, 0.1) is 19.9 Å². The maximum Gasteiger partial charge on any atom is 0.343 e. The average Bonchev–Trinajstić information content (AvgIpc) is 2.30. The van der Waals surface area contributed by atoms with Crippen molar-refractivity contribution in [3.8, 4) is 5.75 Å². The Morgan fingerprint density at radius 1 is 1.44 bits per heavy atom. The van der Waals surface area contributed by atoms with E-state index in [0.29, 0.717) is 17.0 Å². The molecule has 0 aliphatic carbocycles. The molecule has 0 aliphatic heterocycles. The van der Waals surface area contributed by atoms with Crippen molar-refractivity contribution in [1.29, 1.82) is 0 Å². The van der Waals surface area contributed by atoms with E-state index < -0.39 is 5.97 Å². The lowest BCUT2D eigenvalue weighted by molar-refractivity contribution is 0.0598.